The van der Waals surface area contributed by atoms with Crippen molar-refractivity contribution in [1.82, 2.24) is 9.97 Å². The van der Waals surface area contributed by atoms with Gasteiger partial charge in [-0.15, -0.1) is 0 Å². The highest BCUT2D eigenvalue weighted by Crippen LogP contribution is 2.29. The van der Waals surface area contributed by atoms with Crippen LogP contribution in [0.3, 0.4) is 0 Å². The van der Waals surface area contributed by atoms with Crippen molar-refractivity contribution < 1.29 is 18.3 Å². The van der Waals surface area contributed by atoms with E-state index in [-0.39, 0.29) is 17.6 Å². The second-order valence-electron chi connectivity index (χ2n) is 7.22. The highest BCUT2D eigenvalue weighted by molar-refractivity contribution is 5.98. The molecule has 162 valence electrons. The van der Waals surface area contributed by atoms with Gasteiger partial charge in [0.15, 0.2) is 0 Å². The first-order chi connectivity index (χ1) is 15.5. The lowest BCUT2D eigenvalue weighted by Gasteiger charge is -2.18. The third-order valence-corrected chi connectivity index (χ3v) is 5.21. The second-order valence-corrected chi connectivity index (χ2v) is 7.22. The van der Waals surface area contributed by atoms with Crippen molar-refractivity contribution in [3.05, 3.63) is 108 Å². The van der Waals surface area contributed by atoms with Crippen molar-refractivity contribution in [1.29, 1.82) is 0 Å². The zero-order chi connectivity index (χ0) is 22.5. The van der Waals surface area contributed by atoms with E-state index >= 15 is 0 Å². The minimum Gasteiger partial charge on any atom is -0.465 e. The molecule has 0 spiro atoms. The van der Waals surface area contributed by atoms with Gasteiger partial charge in [-0.25, -0.2) is 18.6 Å². The van der Waals surface area contributed by atoms with E-state index in [4.69, 9.17) is 4.74 Å². The van der Waals surface area contributed by atoms with E-state index in [1.807, 2.05) is 6.07 Å². The number of aromatic amines is 1. The second kappa shape index (κ2) is 9.43. The van der Waals surface area contributed by atoms with Crippen LogP contribution in [0, 0.1) is 11.6 Å². The first-order valence-electron chi connectivity index (χ1n) is 10.0. The molecule has 1 atom stereocenters. The fourth-order valence-electron chi connectivity index (χ4n) is 3.57. The zero-order valence-corrected chi connectivity index (χ0v) is 17.3. The summed E-state index contributed by atoms with van der Waals surface area (Å²) in [6.45, 7) is 0.472. The normalized spacial score (nSPS) is 11.7. The van der Waals surface area contributed by atoms with E-state index in [0.717, 1.165) is 17.1 Å². The molecule has 1 heterocycles. The van der Waals surface area contributed by atoms with E-state index in [0.29, 0.717) is 23.2 Å². The lowest BCUT2D eigenvalue weighted by atomic mass is 9.97. The molecular formula is C25H21F2N3O2. The van der Waals surface area contributed by atoms with E-state index in [1.165, 1.54) is 31.4 Å². The van der Waals surface area contributed by atoms with Crippen LogP contribution in [0.25, 0.3) is 11.1 Å². The van der Waals surface area contributed by atoms with Gasteiger partial charge in [0.25, 0.3) is 0 Å². The van der Waals surface area contributed by atoms with Crippen molar-refractivity contribution in [2.75, 3.05) is 19.0 Å². The number of aromatic nitrogens is 2. The summed E-state index contributed by atoms with van der Waals surface area (Å²) in [4.78, 5) is 19.7. The van der Waals surface area contributed by atoms with Crippen molar-refractivity contribution in [2.45, 2.75) is 5.92 Å². The lowest BCUT2D eigenvalue weighted by molar-refractivity contribution is 0.0601. The Morgan fingerprint density at radius 2 is 1.72 bits per heavy atom. The average Bonchev–Trinajstić information content (AvgIpc) is 3.35. The highest BCUT2D eigenvalue weighted by atomic mass is 19.1. The molecule has 0 aliphatic rings. The van der Waals surface area contributed by atoms with E-state index in [2.05, 4.69) is 15.3 Å². The maximum absolute atomic E-state index is 13.4. The number of ether oxygens (including phenoxy) is 1. The number of nitrogens with zero attached hydrogens (tertiary/aromatic N) is 1. The summed E-state index contributed by atoms with van der Waals surface area (Å²) >= 11 is 0. The molecule has 0 bridgehead atoms. The van der Waals surface area contributed by atoms with Crippen LogP contribution in [0.15, 0.2) is 79.1 Å². The number of anilines is 1. The van der Waals surface area contributed by atoms with Crippen LogP contribution in [-0.2, 0) is 4.74 Å². The lowest BCUT2D eigenvalue weighted by Crippen LogP contribution is -2.16. The van der Waals surface area contributed by atoms with E-state index < -0.39 is 5.97 Å². The van der Waals surface area contributed by atoms with Crippen molar-refractivity contribution in [3.8, 4) is 11.1 Å². The molecule has 5 nitrogen and oxygen atoms in total. The van der Waals surface area contributed by atoms with Gasteiger partial charge in [0, 0.05) is 24.6 Å². The fourth-order valence-corrected chi connectivity index (χ4v) is 3.57. The molecule has 0 radical (unpaired) electrons. The number of nitrogens with one attached hydrogen (secondary N) is 2. The molecular weight excluding hydrogens is 412 g/mol. The maximum Gasteiger partial charge on any atom is 0.338 e. The van der Waals surface area contributed by atoms with Crippen LogP contribution in [0.2, 0.25) is 0 Å². The smallest absolute Gasteiger partial charge is 0.338 e. The molecule has 3 aromatic carbocycles. The van der Waals surface area contributed by atoms with E-state index in [9.17, 15) is 13.6 Å². The summed E-state index contributed by atoms with van der Waals surface area (Å²) < 4.78 is 31.7. The van der Waals surface area contributed by atoms with Crippen molar-refractivity contribution in [3.63, 3.8) is 0 Å². The summed E-state index contributed by atoms with van der Waals surface area (Å²) in [5.74, 6) is -0.546. The molecule has 0 amide bonds. The number of hydrogen-bond acceptors (Lipinski definition) is 4. The van der Waals surface area contributed by atoms with Crippen LogP contribution in [-0.4, -0.2) is 29.6 Å². The number of methoxy groups -OCH3 is 1. The van der Waals surface area contributed by atoms with Gasteiger partial charge in [-0.05, 0) is 59.2 Å². The molecule has 0 saturated heterocycles. The number of rotatable bonds is 7. The Bertz CT molecular complexity index is 1190. The van der Waals surface area contributed by atoms with Crippen LogP contribution in [0.5, 0.6) is 0 Å². The quantitative estimate of drug-likeness (QED) is 0.384. The van der Waals surface area contributed by atoms with Gasteiger partial charge >= 0.3 is 5.97 Å². The van der Waals surface area contributed by atoms with Gasteiger partial charge < -0.3 is 15.0 Å². The molecule has 32 heavy (non-hydrogen) atoms. The van der Waals surface area contributed by atoms with Crippen molar-refractivity contribution >= 4 is 11.7 Å². The molecule has 7 heteroatoms. The van der Waals surface area contributed by atoms with Crippen LogP contribution >= 0.6 is 0 Å². The topological polar surface area (TPSA) is 67.0 Å². The number of hydrogen-bond donors (Lipinski definition) is 2. The first kappa shape index (κ1) is 21.2. The van der Waals surface area contributed by atoms with Crippen LogP contribution in [0.1, 0.15) is 27.7 Å². The SMILES string of the molecule is COC(=O)c1ccc(NCC(c2ccc(F)cc2)c2ncc[nH]2)cc1-c1ccc(F)cc1. The third kappa shape index (κ3) is 4.67. The molecule has 2 N–H and O–H groups in total. The first-order valence-corrected chi connectivity index (χ1v) is 10.0. The summed E-state index contributed by atoms with van der Waals surface area (Å²) in [5, 5.41) is 3.37. The Kier molecular flexibility index (Phi) is 6.26. The molecule has 1 aromatic heterocycles. The molecule has 0 aliphatic carbocycles. The van der Waals surface area contributed by atoms with Gasteiger partial charge in [-0.2, -0.15) is 0 Å². The van der Waals surface area contributed by atoms with Gasteiger partial charge in [0.2, 0.25) is 0 Å². The molecule has 0 fully saturated rings. The Morgan fingerprint density at radius 3 is 2.34 bits per heavy atom. The number of H-pyrrole nitrogens is 1. The summed E-state index contributed by atoms with van der Waals surface area (Å²) in [5.41, 5.74) is 3.36. The minimum absolute atomic E-state index is 0.153. The number of imidazole rings is 1. The average molecular weight is 433 g/mol. The Labute approximate surface area is 184 Å². The Morgan fingerprint density at radius 1 is 1.03 bits per heavy atom. The molecule has 4 rings (SSSR count). The van der Waals surface area contributed by atoms with Gasteiger partial charge in [-0.3, -0.25) is 0 Å². The number of carbonyl (C=O) groups excluding carboxylic acids is 1. The number of benzene rings is 3. The summed E-state index contributed by atoms with van der Waals surface area (Å²) in [6.07, 6.45) is 3.41. The Balaban J connectivity index is 1.64. The van der Waals surface area contributed by atoms with Gasteiger partial charge in [-0.1, -0.05) is 24.3 Å². The third-order valence-electron chi connectivity index (χ3n) is 5.21. The molecule has 1 unspecified atom stereocenters. The van der Waals surface area contributed by atoms with Crippen molar-refractivity contribution in [2.24, 2.45) is 0 Å². The summed E-state index contributed by atoms with van der Waals surface area (Å²) in [6, 6.07) is 17.5. The van der Waals surface area contributed by atoms with Gasteiger partial charge in [0.05, 0.1) is 18.6 Å². The standard InChI is InChI=1S/C25H21F2N3O2/c1-32-25(31)21-11-10-20(14-22(21)16-2-6-18(26)7-3-16)30-15-23(24-28-12-13-29-24)17-4-8-19(27)9-5-17/h2-14,23,30H,15H2,1H3,(H,28,29). The van der Waals surface area contributed by atoms with Crippen LogP contribution < -0.4 is 5.32 Å². The number of esters is 1. The molecule has 0 saturated carbocycles. The summed E-state index contributed by atoms with van der Waals surface area (Å²) in [7, 11) is 1.32. The number of carbonyl (C=O) groups is 1. The maximum atomic E-state index is 13.4. The number of halogens is 2. The molecule has 0 aliphatic heterocycles. The largest absolute Gasteiger partial charge is 0.465 e. The predicted octanol–water partition coefficient (Wildman–Crippen LogP) is 5.39. The zero-order valence-electron chi connectivity index (χ0n) is 17.3. The Hall–Kier alpha value is -4.00. The predicted molar refractivity (Wildman–Crippen MR) is 118 cm³/mol. The van der Waals surface area contributed by atoms with Crippen LogP contribution in [0.4, 0.5) is 14.5 Å². The minimum atomic E-state index is -0.476. The van der Waals surface area contributed by atoms with E-state index in [1.54, 1.807) is 48.8 Å². The fraction of sp³-hybridized carbons (Fsp3) is 0.120. The van der Waals surface area contributed by atoms with Gasteiger partial charge in [0.1, 0.15) is 17.5 Å². The monoisotopic (exact) mass is 433 g/mol. The highest BCUT2D eigenvalue weighted by Gasteiger charge is 2.18. The molecule has 4 aromatic rings.